The molecule has 1 saturated heterocycles. The zero-order valence-electron chi connectivity index (χ0n) is 17.9. The Hall–Kier alpha value is -2.37. The minimum Gasteiger partial charge on any atom is -0.337 e. The first-order valence-corrected chi connectivity index (χ1v) is 11.3. The normalized spacial score (nSPS) is 17.9. The summed E-state index contributed by atoms with van der Waals surface area (Å²) in [6.07, 6.45) is 4.47. The van der Waals surface area contributed by atoms with Crippen molar-refractivity contribution < 1.29 is 4.79 Å². The molecule has 0 saturated carbocycles. The van der Waals surface area contributed by atoms with E-state index in [4.69, 9.17) is 0 Å². The summed E-state index contributed by atoms with van der Waals surface area (Å²) < 4.78 is 1.92. The molecule has 6 heteroatoms. The van der Waals surface area contributed by atoms with Gasteiger partial charge in [0.1, 0.15) is 5.69 Å². The zero-order valence-corrected chi connectivity index (χ0v) is 18.8. The highest BCUT2D eigenvalue weighted by atomic mass is 35.5. The summed E-state index contributed by atoms with van der Waals surface area (Å²) in [5, 5.41) is 5.63. The van der Waals surface area contributed by atoms with Crippen LogP contribution in [-0.4, -0.2) is 58.2 Å². The molecule has 0 unspecified atom stereocenters. The Labute approximate surface area is 190 Å². The van der Waals surface area contributed by atoms with E-state index in [1.54, 1.807) is 0 Å². The molecule has 0 N–H and O–H groups in total. The molecule has 0 spiro atoms. The molecular weight excluding hydrogens is 408 g/mol. The van der Waals surface area contributed by atoms with Gasteiger partial charge in [-0.1, -0.05) is 48.5 Å². The monoisotopic (exact) mass is 438 g/mol. The maximum Gasteiger partial charge on any atom is 0.272 e. The molecule has 3 aromatic rings. The van der Waals surface area contributed by atoms with Gasteiger partial charge in [0, 0.05) is 25.0 Å². The smallest absolute Gasteiger partial charge is 0.272 e. The summed E-state index contributed by atoms with van der Waals surface area (Å²) in [5.74, 6) is 0.840. The fourth-order valence-electron chi connectivity index (χ4n) is 5.04. The Kier molecular flexibility index (Phi) is 6.93. The van der Waals surface area contributed by atoms with E-state index in [1.165, 1.54) is 18.4 Å². The molecule has 5 nitrogen and oxygen atoms in total. The van der Waals surface area contributed by atoms with Crippen LogP contribution in [0.4, 0.5) is 0 Å². The van der Waals surface area contributed by atoms with Crippen LogP contribution in [0.15, 0.2) is 54.6 Å². The molecular formula is C25H31ClN4O. The van der Waals surface area contributed by atoms with Crippen molar-refractivity contribution in [3.63, 3.8) is 0 Å². The molecule has 0 bridgehead atoms. The molecule has 0 atom stereocenters. The number of aryl methyl sites for hydroxylation is 1. The minimum atomic E-state index is 0. The molecule has 1 aromatic heterocycles. The number of benzene rings is 2. The molecule has 164 valence electrons. The molecule has 1 amide bonds. The van der Waals surface area contributed by atoms with Gasteiger partial charge in [0.05, 0.1) is 5.52 Å². The van der Waals surface area contributed by atoms with Crippen LogP contribution >= 0.6 is 12.4 Å². The van der Waals surface area contributed by atoms with E-state index >= 15 is 0 Å². The molecule has 2 aromatic carbocycles. The van der Waals surface area contributed by atoms with Crippen LogP contribution in [0.3, 0.4) is 0 Å². The Morgan fingerprint density at radius 3 is 2.42 bits per heavy atom. The Morgan fingerprint density at radius 2 is 1.61 bits per heavy atom. The van der Waals surface area contributed by atoms with Crippen LogP contribution in [0.2, 0.25) is 0 Å². The number of rotatable bonds is 5. The van der Waals surface area contributed by atoms with Gasteiger partial charge in [-0.3, -0.25) is 9.48 Å². The molecule has 0 aliphatic carbocycles. The van der Waals surface area contributed by atoms with Gasteiger partial charge in [-0.05, 0) is 62.9 Å². The van der Waals surface area contributed by atoms with Gasteiger partial charge in [-0.2, -0.15) is 5.10 Å². The molecule has 31 heavy (non-hydrogen) atoms. The zero-order chi connectivity index (χ0) is 20.3. The van der Waals surface area contributed by atoms with Crippen molar-refractivity contribution in [2.75, 3.05) is 32.7 Å². The summed E-state index contributed by atoms with van der Waals surface area (Å²) in [7, 11) is 0. The largest absolute Gasteiger partial charge is 0.337 e. The number of halogens is 1. The number of nitrogens with zero attached hydrogens (tertiary/aromatic N) is 4. The Morgan fingerprint density at radius 1 is 0.871 bits per heavy atom. The van der Waals surface area contributed by atoms with Gasteiger partial charge in [-0.25, -0.2) is 0 Å². The van der Waals surface area contributed by atoms with Crippen molar-refractivity contribution in [2.24, 2.45) is 0 Å². The summed E-state index contributed by atoms with van der Waals surface area (Å²) >= 11 is 0. The topological polar surface area (TPSA) is 41.4 Å². The van der Waals surface area contributed by atoms with Crippen molar-refractivity contribution in [2.45, 2.75) is 38.1 Å². The second-order valence-corrected chi connectivity index (χ2v) is 8.61. The van der Waals surface area contributed by atoms with Gasteiger partial charge in [-0.15, -0.1) is 12.4 Å². The Bertz CT molecular complexity index is 1010. The third-order valence-electron chi connectivity index (χ3n) is 6.69. The maximum atomic E-state index is 13.2. The van der Waals surface area contributed by atoms with Crippen LogP contribution in [0, 0.1) is 0 Å². The van der Waals surface area contributed by atoms with E-state index in [1.807, 2.05) is 33.8 Å². The van der Waals surface area contributed by atoms with Crippen LogP contribution in [0.1, 0.15) is 47.7 Å². The quantitative estimate of drug-likeness (QED) is 0.585. The number of hydrogen-bond acceptors (Lipinski definition) is 3. The van der Waals surface area contributed by atoms with Crippen molar-refractivity contribution >= 4 is 29.2 Å². The number of carbonyl (C=O) groups excluding carboxylic acids is 1. The summed E-state index contributed by atoms with van der Waals surface area (Å²) in [5.41, 5.74) is 3.17. The number of piperidine rings is 1. The third-order valence-corrected chi connectivity index (χ3v) is 6.69. The molecule has 1 fully saturated rings. The predicted molar refractivity (Wildman–Crippen MR) is 127 cm³/mol. The fraction of sp³-hybridized carbons (Fsp3) is 0.440. The number of likely N-dealkylation sites (tertiary alicyclic amines) is 1. The number of hydrogen-bond donors (Lipinski definition) is 0. The fourth-order valence-corrected chi connectivity index (χ4v) is 5.04. The first kappa shape index (κ1) is 21.8. The second-order valence-electron chi connectivity index (χ2n) is 8.61. The molecule has 0 radical (unpaired) electrons. The van der Waals surface area contributed by atoms with Gasteiger partial charge >= 0.3 is 0 Å². The number of amides is 1. The first-order chi connectivity index (χ1) is 14.8. The van der Waals surface area contributed by atoms with E-state index in [-0.39, 0.29) is 18.3 Å². The lowest BCUT2D eigenvalue weighted by atomic mass is 9.89. The van der Waals surface area contributed by atoms with Crippen molar-refractivity contribution in [3.05, 3.63) is 65.9 Å². The van der Waals surface area contributed by atoms with E-state index in [0.717, 1.165) is 68.7 Å². The lowest BCUT2D eigenvalue weighted by molar-refractivity contribution is 0.0749. The van der Waals surface area contributed by atoms with E-state index in [9.17, 15) is 4.79 Å². The summed E-state index contributed by atoms with van der Waals surface area (Å²) in [6.45, 7) is 5.87. The van der Waals surface area contributed by atoms with Gasteiger partial charge in [0.25, 0.3) is 5.91 Å². The third kappa shape index (κ3) is 4.63. The van der Waals surface area contributed by atoms with E-state index < -0.39 is 0 Å². The summed E-state index contributed by atoms with van der Waals surface area (Å²) in [4.78, 5) is 17.9. The lowest BCUT2D eigenvalue weighted by Gasteiger charge is -2.32. The SMILES string of the molecule is Cl.O=C1c2c3ccccc3nn2CCCN1CCCN1CCC(c2ccccc2)CC1. The van der Waals surface area contributed by atoms with Crippen LogP contribution in [-0.2, 0) is 6.54 Å². The standard InChI is InChI=1S/C25H30N4O.ClH/c30-25-24-22-10-4-5-11-23(22)26-29(24)17-7-16-28(25)15-6-14-27-18-12-21(13-19-27)20-8-2-1-3-9-20;/h1-5,8-11,21H,6-7,12-19H2;1H. The maximum absolute atomic E-state index is 13.2. The van der Waals surface area contributed by atoms with Gasteiger partial charge in [0.15, 0.2) is 0 Å². The van der Waals surface area contributed by atoms with Crippen LogP contribution in [0.5, 0.6) is 0 Å². The van der Waals surface area contributed by atoms with E-state index in [2.05, 4.69) is 40.3 Å². The van der Waals surface area contributed by atoms with Gasteiger partial charge in [0.2, 0.25) is 0 Å². The van der Waals surface area contributed by atoms with E-state index in [0.29, 0.717) is 5.92 Å². The first-order valence-electron chi connectivity index (χ1n) is 11.3. The minimum absolute atomic E-state index is 0. The van der Waals surface area contributed by atoms with Crippen LogP contribution in [0.25, 0.3) is 10.9 Å². The van der Waals surface area contributed by atoms with Crippen LogP contribution < -0.4 is 0 Å². The number of fused-ring (bicyclic) bond motifs is 3. The number of aromatic nitrogens is 2. The molecule has 5 rings (SSSR count). The second kappa shape index (κ2) is 9.84. The highest BCUT2D eigenvalue weighted by Crippen LogP contribution is 2.28. The average molecular weight is 439 g/mol. The van der Waals surface area contributed by atoms with Crippen molar-refractivity contribution in [3.8, 4) is 0 Å². The molecule has 3 heterocycles. The highest BCUT2D eigenvalue weighted by Gasteiger charge is 2.26. The van der Waals surface area contributed by atoms with Crippen molar-refractivity contribution in [1.82, 2.24) is 19.6 Å². The Balaban J connectivity index is 0.00000231. The highest BCUT2D eigenvalue weighted by molar-refractivity contribution is 6.05. The molecule has 2 aliphatic heterocycles. The van der Waals surface area contributed by atoms with Crippen molar-refractivity contribution in [1.29, 1.82) is 0 Å². The van der Waals surface area contributed by atoms with Gasteiger partial charge < -0.3 is 9.80 Å². The number of carbonyl (C=O) groups is 1. The lowest BCUT2D eigenvalue weighted by Crippen LogP contribution is -2.37. The average Bonchev–Trinajstić information content (AvgIpc) is 3.09. The summed E-state index contributed by atoms with van der Waals surface area (Å²) in [6, 6.07) is 18.9. The predicted octanol–water partition coefficient (Wildman–Crippen LogP) is 4.57. The molecule has 2 aliphatic rings.